The first-order valence-corrected chi connectivity index (χ1v) is 10.0. The van der Waals surface area contributed by atoms with Crippen LogP contribution in [0, 0.1) is 0 Å². The van der Waals surface area contributed by atoms with Crippen molar-refractivity contribution in [3.63, 3.8) is 0 Å². The summed E-state index contributed by atoms with van der Waals surface area (Å²) in [7, 11) is 0. The molecule has 0 fully saturated rings. The molecular formula is C5H12Se3. The second-order valence-electron chi connectivity index (χ2n) is 1.47. The molecule has 0 heterocycles. The fourth-order valence-electron chi connectivity index (χ4n) is 0.250. The van der Waals surface area contributed by atoms with Gasteiger partial charge in [-0.15, -0.1) is 0 Å². The summed E-state index contributed by atoms with van der Waals surface area (Å²) in [5.74, 6) is 7.09. The summed E-state index contributed by atoms with van der Waals surface area (Å²) in [6, 6.07) is 0. The molecule has 0 aliphatic heterocycles. The van der Waals surface area contributed by atoms with Gasteiger partial charge in [-0.05, 0) is 0 Å². The molecule has 50 valence electrons. The zero-order valence-electron chi connectivity index (χ0n) is 5.72. The summed E-state index contributed by atoms with van der Waals surface area (Å²) in [6.07, 6.45) is 0. The van der Waals surface area contributed by atoms with Crippen LogP contribution in [0.15, 0.2) is 0 Å². The molecule has 0 aliphatic rings. The molecule has 0 aromatic carbocycles. The van der Waals surface area contributed by atoms with Gasteiger partial charge in [-0.25, -0.2) is 0 Å². The second-order valence-corrected chi connectivity index (χ2v) is 13.1. The maximum atomic E-state index is 2.44. The molecule has 0 aliphatic carbocycles. The van der Waals surface area contributed by atoms with Crippen LogP contribution in [0.2, 0.25) is 19.6 Å². The second kappa shape index (κ2) is 4.39. The Morgan fingerprint density at radius 3 is 1.12 bits per heavy atom. The van der Waals surface area contributed by atoms with Crippen molar-refractivity contribution in [1.29, 1.82) is 0 Å². The Morgan fingerprint density at radius 1 is 0.875 bits per heavy atom. The summed E-state index contributed by atoms with van der Waals surface area (Å²) in [6.45, 7) is 2.44. The summed E-state index contributed by atoms with van der Waals surface area (Å²) in [5, 5.41) is 0. The monoisotopic (exact) mass is 312 g/mol. The van der Waals surface area contributed by atoms with E-state index in [1.807, 2.05) is 0 Å². The molecular weight excluding hydrogens is 297 g/mol. The number of rotatable bonds is 3. The Labute approximate surface area is 71.0 Å². The van der Waals surface area contributed by atoms with E-state index >= 15 is 0 Å². The summed E-state index contributed by atoms with van der Waals surface area (Å²) in [4.78, 5) is 0. The molecule has 0 nitrogen and oxygen atoms in total. The molecule has 0 amide bonds. The Hall–Kier alpha value is 1.56. The van der Waals surface area contributed by atoms with Crippen molar-refractivity contribution in [2.75, 3.05) is 0 Å². The van der Waals surface area contributed by atoms with Crippen LogP contribution in [0.4, 0.5) is 0 Å². The minimum atomic E-state index is 0.812. The summed E-state index contributed by atoms with van der Waals surface area (Å²) in [5.41, 5.74) is 0. The van der Waals surface area contributed by atoms with Crippen LogP contribution in [0.5, 0.6) is 0 Å². The molecule has 0 N–H and O–H groups in total. The van der Waals surface area contributed by atoms with Gasteiger partial charge in [0.05, 0.1) is 0 Å². The van der Waals surface area contributed by atoms with Gasteiger partial charge in [0.1, 0.15) is 0 Å². The molecule has 8 heavy (non-hydrogen) atoms. The third-order valence-corrected chi connectivity index (χ3v) is 16.7. The predicted octanol–water partition coefficient (Wildman–Crippen LogP) is 1.34. The van der Waals surface area contributed by atoms with Gasteiger partial charge >= 0.3 is 71.4 Å². The molecule has 0 radical (unpaired) electrons. The van der Waals surface area contributed by atoms with Crippen LogP contribution >= 0.6 is 0 Å². The Bertz CT molecular complexity index is 50.4. The van der Waals surface area contributed by atoms with Gasteiger partial charge in [0.2, 0.25) is 0 Å². The van der Waals surface area contributed by atoms with Crippen molar-refractivity contribution < 1.29 is 0 Å². The first kappa shape index (κ1) is 9.56. The Balaban J connectivity index is 3.58. The van der Waals surface area contributed by atoms with Crippen LogP contribution in [-0.2, 0) is 0 Å². The van der Waals surface area contributed by atoms with Crippen molar-refractivity contribution in [3.8, 4) is 0 Å². The average Bonchev–Trinajstić information content (AvgIpc) is 1.87. The zero-order chi connectivity index (χ0) is 6.62. The summed E-state index contributed by atoms with van der Waals surface area (Å²) < 4.78 is 0.812. The summed E-state index contributed by atoms with van der Waals surface area (Å²) >= 11 is 2.66. The minimum absolute atomic E-state index is 0.812. The van der Waals surface area contributed by atoms with Crippen molar-refractivity contribution in [1.82, 2.24) is 0 Å². The first-order chi connectivity index (χ1) is 3.68. The quantitative estimate of drug-likeness (QED) is 0.690. The van der Waals surface area contributed by atoms with Crippen molar-refractivity contribution in [2.45, 2.75) is 26.5 Å². The molecule has 0 rings (SSSR count). The molecule has 0 saturated heterocycles. The number of hydrogen-bond donors (Lipinski definition) is 0. The molecule has 3 heteroatoms. The van der Waals surface area contributed by atoms with E-state index in [-0.39, 0.29) is 0 Å². The molecule has 0 saturated carbocycles. The zero-order valence-corrected chi connectivity index (χ0v) is 10.9. The van der Waals surface area contributed by atoms with Crippen LogP contribution in [0.25, 0.3) is 0 Å². The Kier molecular flexibility index (Phi) is 5.24. The van der Waals surface area contributed by atoms with Gasteiger partial charge in [-0.1, -0.05) is 0 Å². The van der Waals surface area contributed by atoms with Gasteiger partial charge in [-0.3, -0.25) is 0 Å². The predicted molar refractivity (Wildman–Crippen MR) is 43.2 cm³/mol. The van der Waals surface area contributed by atoms with Gasteiger partial charge in [-0.2, -0.15) is 0 Å². The van der Waals surface area contributed by atoms with E-state index in [9.17, 15) is 0 Å². The molecule has 0 unspecified atom stereocenters. The third kappa shape index (κ3) is 2.92. The molecule has 0 aromatic heterocycles. The van der Waals surface area contributed by atoms with Crippen molar-refractivity contribution >= 4 is 44.9 Å². The third-order valence-electron chi connectivity index (χ3n) is 1.11. The van der Waals surface area contributed by atoms with Crippen molar-refractivity contribution in [3.05, 3.63) is 0 Å². The molecule has 0 bridgehead atoms. The molecule has 0 aromatic rings. The average molecular weight is 309 g/mol. The SMILES string of the molecule is C[Se]C(C)([Se]C)[Se]C. The van der Waals surface area contributed by atoms with Crippen LogP contribution < -0.4 is 0 Å². The van der Waals surface area contributed by atoms with Crippen LogP contribution in [0.1, 0.15) is 6.92 Å². The van der Waals surface area contributed by atoms with E-state index in [1.165, 1.54) is 0 Å². The Morgan fingerprint density at radius 2 is 1.12 bits per heavy atom. The first-order valence-electron chi connectivity index (χ1n) is 2.34. The topological polar surface area (TPSA) is 0 Å². The van der Waals surface area contributed by atoms with Gasteiger partial charge in [0, 0.05) is 0 Å². The van der Waals surface area contributed by atoms with E-state index in [1.54, 1.807) is 0 Å². The van der Waals surface area contributed by atoms with E-state index < -0.39 is 0 Å². The van der Waals surface area contributed by atoms with E-state index in [0.29, 0.717) is 0 Å². The van der Waals surface area contributed by atoms with Crippen LogP contribution in [-0.4, -0.2) is 44.9 Å². The normalized spacial score (nSPS) is 12.0. The van der Waals surface area contributed by atoms with E-state index in [0.717, 1.165) is 47.0 Å². The van der Waals surface area contributed by atoms with Gasteiger partial charge in [0.15, 0.2) is 0 Å². The number of hydrogen-bond acceptors (Lipinski definition) is 0. The van der Waals surface area contributed by atoms with Gasteiger partial charge < -0.3 is 0 Å². The standard InChI is InChI=1S/C5H12Se3/c1-5(6-2,7-3)8-4/h1-4H3. The van der Waals surface area contributed by atoms with Crippen molar-refractivity contribution in [2.24, 2.45) is 0 Å². The van der Waals surface area contributed by atoms with E-state index in [2.05, 4.69) is 24.4 Å². The van der Waals surface area contributed by atoms with Gasteiger partial charge in [0.25, 0.3) is 0 Å². The van der Waals surface area contributed by atoms with Crippen LogP contribution in [0.3, 0.4) is 0 Å². The fraction of sp³-hybridized carbons (Fsp3) is 1.00. The molecule has 0 spiro atoms. The van der Waals surface area contributed by atoms with E-state index in [4.69, 9.17) is 0 Å². The maximum absolute atomic E-state index is 2.44. The molecule has 0 atom stereocenters. The fourth-order valence-corrected chi connectivity index (χ4v) is 6.75.